The Morgan fingerprint density at radius 1 is 1.12 bits per heavy atom. The summed E-state index contributed by atoms with van der Waals surface area (Å²) in [6, 6.07) is 6.76. The second-order valence-electron chi connectivity index (χ2n) is 5.74. The van der Waals surface area contributed by atoms with Crippen molar-refractivity contribution >= 4 is 5.91 Å². The third kappa shape index (κ3) is 3.39. The first-order valence-corrected chi connectivity index (χ1v) is 7.68. The molecule has 2 aromatic rings. The largest absolute Gasteiger partial charge is 0.417 e. The second kappa shape index (κ2) is 6.59. The quantitative estimate of drug-likeness (QED) is 0.844. The van der Waals surface area contributed by atoms with Gasteiger partial charge in [-0.25, -0.2) is 9.97 Å². The van der Waals surface area contributed by atoms with E-state index in [2.05, 4.69) is 9.97 Å². The SMILES string of the molecule is O=C(c1ccccc1C(F)(F)F)N1CCC(c2ccncn2)CC1. The first kappa shape index (κ1) is 16.4. The lowest BCUT2D eigenvalue weighted by Gasteiger charge is -2.32. The number of carbonyl (C=O) groups excluding carboxylic acids is 1. The van der Waals surface area contributed by atoms with Crippen LogP contribution < -0.4 is 0 Å². The van der Waals surface area contributed by atoms with Crippen LogP contribution in [0.3, 0.4) is 0 Å². The summed E-state index contributed by atoms with van der Waals surface area (Å²) in [7, 11) is 0. The van der Waals surface area contributed by atoms with E-state index in [1.165, 1.54) is 29.4 Å². The van der Waals surface area contributed by atoms with Crippen molar-refractivity contribution in [3.8, 4) is 0 Å². The molecule has 2 heterocycles. The van der Waals surface area contributed by atoms with E-state index in [1.807, 2.05) is 6.07 Å². The number of hydrogen-bond acceptors (Lipinski definition) is 3. The van der Waals surface area contributed by atoms with Gasteiger partial charge in [0.05, 0.1) is 11.1 Å². The molecule has 4 nitrogen and oxygen atoms in total. The van der Waals surface area contributed by atoms with E-state index in [0.29, 0.717) is 25.9 Å². The van der Waals surface area contributed by atoms with Crippen molar-refractivity contribution in [1.29, 1.82) is 0 Å². The van der Waals surface area contributed by atoms with Crippen LogP contribution in [0.2, 0.25) is 0 Å². The number of likely N-dealkylation sites (tertiary alicyclic amines) is 1. The van der Waals surface area contributed by atoms with E-state index in [-0.39, 0.29) is 11.5 Å². The van der Waals surface area contributed by atoms with Gasteiger partial charge in [-0.3, -0.25) is 4.79 Å². The van der Waals surface area contributed by atoms with Crippen LogP contribution >= 0.6 is 0 Å². The molecule has 0 aliphatic carbocycles. The van der Waals surface area contributed by atoms with Crippen molar-refractivity contribution in [3.63, 3.8) is 0 Å². The summed E-state index contributed by atoms with van der Waals surface area (Å²) >= 11 is 0. The van der Waals surface area contributed by atoms with Crippen LogP contribution in [0, 0.1) is 0 Å². The van der Waals surface area contributed by atoms with Crippen LogP contribution in [0.25, 0.3) is 0 Å². The predicted octanol–water partition coefficient (Wildman–Crippen LogP) is 3.52. The Hall–Kier alpha value is -2.44. The number of rotatable bonds is 2. The van der Waals surface area contributed by atoms with Crippen LogP contribution in [0.15, 0.2) is 42.9 Å². The maximum absolute atomic E-state index is 13.1. The lowest BCUT2D eigenvalue weighted by atomic mass is 9.92. The second-order valence-corrected chi connectivity index (χ2v) is 5.74. The Kier molecular flexibility index (Phi) is 4.51. The van der Waals surface area contributed by atoms with Crippen molar-refractivity contribution in [2.45, 2.75) is 24.9 Å². The number of benzene rings is 1. The van der Waals surface area contributed by atoms with Crippen LogP contribution in [-0.2, 0) is 6.18 Å². The van der Waals surface area contributed by atoms with Gasteiger partial charge in [0.1, 0.15) is 6.33 Å². The molecule has 0 saturated carbocycles. The minimum absolute atomic E-state index is 0.204. The average molecular weight is 335 g/mol. The summed E-state index contributed by atoms with van der Waals surface area (Å²) in [6.07, 6.45) is -0.0364. The molecule has 0 N–H and O–H groups in total. The van der Waals surface area contributed by atoms with Gasteiger partial charge in [0.2, 0.25) is 0 Å². The smallest absolute Gasteiger partial charge is 0.339 e. The highest BCUT2D eigenvalue weighted by Gasteiger charge is 2.36. The molecule has 126 valence electrons. The molecule has 1 saturated heterocycles. The van der Waals surface area contributed by atoms with E-state index in [9.17, 15) is 18.0 Å². The lowest BCUT2D eigenvalue weighted by molar-refractivity contribution is -0.138. The Morgan fingerprint density at radius 2 is 1.83 bits per heavy atom. The van der Waals surface area contributed by atoms with Gasteiger partial charge in [0, 0.05) is 30.9 Å². The maximum atomic E-state index is 13.1. The summed E-state index contributed by atoms with van der Waals surface area (Å²) in [6.45, 7) is 0.833. The summed E-state index contributed by atoms with van der Waals surface area (Å²) in [5.74, 6) is -0.362. The molecule has 1 aliphatic heterocycles. The van der Waals surface area contributed by atoms with Crippen molar-refractivity contribution in [2.24, 2.45) is 0 Å². The molecule has 1 aromatic carbocycles. The highest BCUT2D eigenvalue weighted by Crippen LogP contribution is 2.33. The Bertz CT molecular complexity index is 711. The molecule has 1 aliphatic rings. The molecule has 1 aromatic heterocycles. The third-order valence-corrected chi connectivity index (χ3v) is 4.27. The van der Waals surface area contributed by atoms with Crippen molar-refractivity contribution in [1.82, 2.24) is 14.9 Å². The number of halogens is 3. The van der Waals surface area contributed by atoms with Gasteiger partial charge in [-0.15, -0.1) is 0 Å². The van der Waals surface area contributed by atoms with Crippen LogP contribution in [0.4, 0.5) is 13.2 Å². The van der Waals surface area contributed by atoms with Gasteiger partial charge in [0.25, 0.3) is 5.91 Å². The van der Waals surface area contributed by atoms with Gasteiger partial charge in [-0.2, -0.15) is 13.2 Å². The molecule has 0 spiro atoms. The lowest BCUT2D eigenvalue weighted by Crippen LogP contribution is -2.38. The van der Waals surface area contributed by atoms with Gasteiger partial charge < -0.3 is 4.90 Å². The van der Waals surface area contributed by atoms with Gasteiger partial charge in [-0.1, -0.05) is 12.1 Å². The zero-order chi connectivity index (χ0) is 17.2. The summed E-state index contributed by atoms with van der Waals surface area (Å²) in [5, 5.41) is 0. The van der Waals surface area contributed by atoms with E-state index < -0.39 is 17.6 Å². The highest BCUT2D eigenvalue weighted by molar-refractivity contribution is 5.96. The first-order chi connectivity index (χ1) is 11.5. The van der Waals surface area contributed by atoms with Crippen LogP contribution in [-0.4, -0.2) is 33.9 Å². The first-order valence-electron chi connectivity index (χ1n) is 7.68. The monoisotopic (exact) mass is 335 g/mol. The predicted molar refractivity (Wildman–Crippen MR) is 81.4 cm³/mol. The molecular weight excluding hydrogens is 319 g/mol. The number of amides is 1. The molecule has 0 radical (unpaired) electrons. The standard InChI is InChI=1S/C17H16F3N3O/c18-17(19,20)14-4-2-1-3-13(14)16(24)23-9-6-12(7-10-23)15-5-8-21-11-22-15/h1-5,8,11-12H,6-7,9-10H2. The van der Waals surface area contributed by atoms with E-state index in [0.717, 1.165) is 11.8 Å². The Morgan fingerprint density at radius 3 is 2.46 bits per heavy atom. The fourth-order valence-corrected chi connectivity index (χ4v) is 3.01. The van der Waals surface area contributed by atoms with Crippen molar-refractivity contribution in [3.05, 3.63) is 59.7 Å². The molecule has 0 unspecified atom stereocenters. The molecule has 7 heteroatoms. The van der Waals surface area contributed by atoms with Crippen molar-refractivity contribution in [2.75, 3.05) is 13.1 Å². The fraction of sp³-hybridized carbons (Fsp3) is 0.353. The summed E-state index contributed by atoms with van der Waals surface area (Å²) in [4.78, 5) is 22.1. The Labute approximate surface area is 137 Å². The topological polar surface area (TPSA) is 46.1 Å². The Balaban J connectivity index is 1.72. The molecule has 0 bridgehead atoms. The summed E-state index contributed by atoms with van der Waals surface area (Å²) < 4.78 is 39.2. The number of alkyl halides is 3. The fourth-order valence-electron chi connectivity index (χ4n) is 3.01. The zero-order valence-corrected chi connectivity index (χ0v) is 12.8. The average Bonchev–Trinajstić information content (AvgIpc) is 2.61. The van der Waals surface area contributed by atoms with Crippen LogP contribution in [0.5, 0.6) is 0 Å². The summed E-state index contributed by atoms with van der Waals surface area (Å²) in [5.41, 5.74) is -0.258. The normalized spacial score (nSPS) is 16.2. The minimum Gasteiger partial charge on any atom is -0.339 e. The third-order valence-electron chi connectivity index (χ3n) is 4.27. The number of piperidine rings is 1. The number of aromatic nitrogens is 2. The number of nitrogens with zero attached hydrogens (tertiary/aromatic N) is 3. The molecular formula is C17H16F3N3O. The minimum atomic E-state index is -4.54. The molecule has 1 fully saturated rings. The molecule has 1 amide bonds. The van der Waals surface area contributed by atoms with E-state index in [1.54, 1.807) is 6.20 Å². The van der Waals surface area contributed by atoms with E-state index >= 15 is 0 Å². The van der Waals surface area contributed by atoms with E-state index in [4.69, 9.17) is 0 Å². The highest BCUT2D eigenvalue weighted by atomic mass is 19.4. The molecule has 24 heavy (non-hydrogen) atoms. The number of hydrogen-bond donors (Lipinski definition) is 0. The van der Waals surface area contributed by atoms with Gasteiger partial charge in [0.15, 0.2) is 0 Å². The van der Waals surface area contributed by atoms with Gasteiger partial charge >= 0.3 is 6.18 Å². The van der Waals surface area contributed by atoms with Crippen molar-refractivity contribution < 1.29 is 18.0 Å². The number of carbonyl (C=O) groups is 1. The van der Waals surface area contributed by atoms with Gasteiger partial charge in [-0.05, 0) is 31.0 Å². The molecule has 3 rings (SSSR count). The van der Waals surface area contributed by atoms with Crippen LogP contribution in [0.1, 0.15) is 40.4 Å². The molecule has 0 atom stereocenters. The zero-order valence-electron chi connectivity index (χ0n) is 12.8. The maximum Gasteiger partial charge on any atom is 0.417 e.